The summed E-state index contributed by atoms with van der Waals surface area (Å²) in [6.45, 7) is 3.96. The second-order valence-electron chi connectivity index (χ2n) is 10.1. The molecule has 0 spiro atoms. The van der Waals surface area contributed by atoms with Gasteiger partial charge in [-0.2, -0.15) is 0 Å². The third kappa shape index (κ3) is 3.09. The molecule has 2 bridgehead atoms. The number of hydrogen-bond acceptors (Lipinski definition) is 3. The molecule has 7 rings (SSSR count). The summed E-state index contributed by atoms with van der Waals surface area (Å²) in [5.41, 5.74) is 3.71. The van der Waals surface area contributed by atoms with Crippen LogP contribution in [0.2, 0.25) is 0 Å². The van der Waals surface area contributed by atoms with Crippen molar-refractivity contribution in [2.24, 2.45) is 35.5 Å². The summed E-state index contributed by atoms with van der Waals surface area (Å²) in [7, 11) is 0. The molecule has 33 heavy (non-hydrogen) atoms. The molecule has 1 aliphatic heterocycles. The lowest BCUT2D eigenvalue weighted by Crippen LogP contribution is -2.49. The van der Waals surface area contributed by atoms with Crippen LogP contribution in [0.5, 0.6) is 0 Å². The van der Waals surface area contributed by atoms with E-state index in [1.165, 1.54) is 4.90 Å². The number of anilines is 1. The Morgan fingerprint density at radius 3 is 2.21 bits per heavy atom. The summed E-state index contributed by atoms with van der Waals surface area (Å²) in [6.07, 6.45) is 5.76. The molecule has 0 aromatic heterocycles. The third-order valence-electron chi connectivity index (χ3n) is 8.45. The van der Waals surface area contributed by atoms with Crippen molar-refractivity contribution in [3.05, 3.63) is 77.4 Å². The topological polar surface area (TPSA) is 66.5 Å². The average Bonchev–Trinajstić information content (AvgIpc) is 3.60. The highest BCUT2D eigenvalue weighted by atomic mass is 16.2. The fraction of sp³-hybridized carbons (Fsp3) is 0.393. The van der Waals surface area contributed by atoms with Gasteiger partial charge in [0.25, 0.3) is 0 Å². The lowest BCUT2D eigenvalue weighted by atomic mass is 9.63. The minimum absolute atomic E-state index is 0.144. The minimum Gasteiger partial charge on any atom is -0.324 e. The Morgan fingerprint density at radius 1 is 0.939 bits per heavy atom. The third-order valence-corrected chi connectivity index (χ3v) is 8.45. The maximum absolute atomic E-state index is 13.7. The number of nitrogens with one attached hydrogen (secondary N) is 1. The Hall–Kier alpha value is -3.21. The highest BCUT2D eigenvalue weighted by Crippen LogP contribution is 2.65. The van der Waals surface area contributed by atoms with Crippen molar-refractivity contribution in [3.8, 4) is 0 Å². The molecule has 2 saturated carbocycles. The molecular weight excluding hydrogens is 412 g/mol. The molecule has 2 aromatic carbocycles. The molecule has 2 aromatic rings. The Labute approximate surface area is 193 Å². The molecule has 1 N–H and O–H groups in total. The Kier molecular flexibility index (Phi) is 4.58. The molecular formula is C28H28N2O3. The van der Waals surface area contributed by atoms with E-state index in [2.05, 4.69) is 17.5 Å². The second-order valence-corrected chi connectivity index (χ2v) is 10.1. The Bertz CT molecular complexity index is 1150. The maximum atomic E-state index is 13.7. The predicted molar refractivity (Wildman–Crippen MR) is 125 cm³/mol. The van der Waals surface area contributed by atoms with Gasteiger partial charge < -0.3 is 5.32 Å². The molecule has 168 valence electrons. The van der Waals surface area contributed by atoms with Gasteiger partial charge in [-0.05, 0) is 66.7 Å². The first-order valence-corrected chi connectivity index (χ1v) is 11.9. The molecule has 3 fully saturated rings. The number of hydrogen-bond donors (Lipinski definition) is 1. The highest BCUT2D eigenvalue weighted by molar-refractivity contribution is 6.11. The molecule has 1 heterocycles. The van der Waals surface area contributed by atoms with E-state index in [-0.39, 0.29) is 41.4 Å². The molecule has 0 unspecified atom stereocenters. The summed E-state index contributed by atoms with van der Waals surface area (Å²) in [5, 5.41) is 3.03. The standard InChI is InChI=1S/C28H28N2O3/c1-15-7-6-10-22(16(15)2)29-26(31)23(13-17-8-4-3-5-9-17)30-27(32)24-18-11-12-19(21-14-20(18)21)25(24)28(30)33/h3-12,18-21,23-25H,13-14H2,1-2H3,(H,29,31)/t18-,19-,20-,21-,23-,24+,25+/m1/s1. The smallest absolute Gasteiger partial charge is 0.248 e. The molecule has 0 radical (unpaired) electrons. The van der Waals surface area contributed by atoms with Gasteiger partial charge in [0.05, 0.1) is 11.8 Å². The van der Waals surface area contributed by atoms with Crippen molar-refractivity contribution in [1.29, 1.82) is 0 Å². The zero-order valence-electron chi connectivity index (χ0n) is 18.9. The van der Waals surface area contributed by atoms with E-state index in [1.807, 2.05) is 62.4 Å². The summed E-state index contributed by atoms with van der Waals surface area (Å²) >= 11 is 0. The van der Waals surface area contributed by atoms with Gasteiger partial charge in [0, 0.05) is 12.1 Å². The lowest BCUT2D eigenvalue weighted by Gasteiger charge is -2.37. The molecule has 3 amide bonds. The first kappa shape index (κ1) is 20.4. The monoisotopic (exact) mass is 440 g/mol. The van der Waals surface area contributed by atoms with E-state index in [9.17, 15) is 14.4 Å². The van der Waals surface area contributed by atoms with Crippen molar-refractivity contribution in [2.45, 2.75) is 32.7 Å². The number of carbonyl (C=O) groups is 3. The fourth-order valence-corrected chi connectivity index (χ4v) is 6.53. The average molecular weight is 441 g/mol. The number of amides is 3. The van der Waals surface area contributed by atoms with Crippen molar-refractivity contribution in [2.75, 3.05) is 5.32 Å². The van der Waals surface area contributed by atoms with E-state index in [4.69, 9.17) is 0 Å². The van der Waals surface area contributed by atoms with Gasteiger partial charge in [0.1, 0.15) is 6.04 Å². The van der Waals surface area contributed by atoms with Gasteiger partial charge in [0.2, 0.25) is 17.7 Å². The zero-order valence-corrected chi connectivity index (χ0v) is 18.9. The van der Waals surface area contributed by atoms with Crippen molar-refractivity contribution < 1.29 is 14.4 Å². The Balaban J connectivity index is 1.34. The van der Waals surface area contributed by atoms with Crippen LogP contribution in [0.1, 0.15) is 23.1 Å². The number of allylic oxidation sites excluding steroid dienone is 2. The Morgan fingerprint density at radius 2 is 1.58 bits per heavy atom. The van der Waals surface area contributed by atoms with E-state index in [0.717, 1.165) is 28.8 Å². The molecule has 5 aliphatic rings. The maximum Gasteiger partial charge on any atom is 0.248 e. The van der Waals surface area contributed by atoms with Gasteiger partial charge in [-0.25, -0.2) is 0 Å². The molecule has 1 saturated heterocycles. The quantitative estimate of drug-likeness (QED) is 0.566. The van der Waals surface area contributed by atoms with Gasteiger partial charge in [0.15, 0.2) is 0 Å². The van der Waals surface area contributed by atoms with Gasteiger partial charge in [-0.3, -0.25) is 19.3 Å². The number of carbonyl (C=O) groups excluding carboxylic acids is 3. The number of nitrogens with zero attached hydrogens (tertiary/aromatic N) is 1. The zero-order chi connectivity index (χ0) is 22.9. The summed E-state index contributed by atoms with van der Waals surface area (Å²) in [4.78, 5) is 42.4. The van der Waals surface area contributed by atoms with Crippen LogP contribution in [0.15, 0.2) is 60.7 Å². The van der Waals surface area contributed by atoms with Crippen LogP contribution in [0.4, 0.5) is 5.69 Å². The van der Waals surface area contributed by atoms with E-state index in [0.29, 0.717) is 18.3 Å². The van der Waals surface area contributed by atoms with Crippen LogP contribution < -0.4 is 5.32 Å². The van der Waals surface area contributed by atoms with Crippen molar-refractivity contribution in [3.63, 3.8) is 0 Å². The van der Waals surface area contributed by atoms with Crippen molar-refractivity contribution in [1.82, 2.24) is 4.90 Å². The first-order chi connectivity index (χ1) is 16.0. The van der Waals surface area contributed by atoms with Crippen LogP contribution in [0.3, 0.4) is 0 Å². The summed E-state index contributed by atoms with van der Waals surface area (Å²) in [5.74, 6) is 0.128. The number of benzene rings is 2. The lowest BCUT2D eigenvalue weighted by molar-refractivity contribution is -0.146. The van der Waals surface area contributed by atoms with E-state index < -0.39 is 6.04 Å². The normalized spacial score (nSPS) is 31.9. The summed E-state index contributed by atoms with van der Waals surface area (Å²) < 4.78 is 0. The van der Waals surface area contributed by atoms with Crippen LogP contribution >= 0.6 is 0 Å². The highest BCUT2D eigenvalue weighted by Gasteiger charge is 2.67. The molecule has 7 atom stereocenters. The molecule has 4 aliphatic carbocycles. The van der Waals surface area contributed by atoms with Crippen molar-refractivity contribution >= 4 is 23.4 Å². The molecule has 5 nitrogen and oxygen atoms in total. The fourth-order valence-electron chi connectivity index (χ4n) is 6.53. The van der Waals surface area contributed by atoms with Crippen LogP contribution in [0.25, 0.3) is 0 Å². The first-order valence-electron chi connectivity index (χ1n) is 11.9. The van der Waals surface area contributed by atoms with Gasteiger partial charge >= 0.3 is 0 Å². The largest absolute Gasteiger partial charge is 0.324 e. The SMILES string of the molecule is Cc1cccc(NC(=O)[C@@H](Cc2ccccc2)N2C(=O)[C@H]3[C@@H]4C=C[C@H]([C@H]5C[C@H]45)[C@@H]3C2=O)c1C. The van der Waals surface area contributed by atoms with E-state index in [1.54, 1.807) is 0 Å². The number of rotatable bonds is 5. The number of aryl methyl sites for hydroxylation is 1. The second kappa shape index (κ2) is 7.41. The summed E-state index contributed by atoms with van der Waals surface area (Å²) in [6, 6.07) is 14.5. The molecule has 5 heteroatoms. The van der Waals surface area contributed by atoms with Gasteiger partial charge in [-0.1, -0.05) is 54.6 Å². The van der Waals surface area contributed by atoms with Crippen LogP contribution in [-0.4, -0.2) is 28.7 Å². The minimum atomic E-state index is -0.867. The number of likely N-dealkylation sites (tertiary alicyclic amines) is 1. The number of imide groups is 1. The van der Waals surface area contributed by atoms with Crippen LogP contribution in [0, 0.1) is 49.4 Å². The van der Waals surface area contributed by atoms with Crippen LogP contribution in [-0.2, 0) is 20.8 Å². The van der Waals surface area contributed by atoms with E-state index >= 15 is 0 Å². The van der Waals surface area contributed by atoms with Gasteiger partial charge in [-0.15, -0.1) is 0 Å². The predicted octanol–water partition coefficient (Wildman–Crippen LogP) is 3.91.